The van der Waals surface area contributed by atoms with E-state index in [1.165, 1.54) is 0 Å². The van der Waals surface area contributed by atoms with Crippen molar-refractivity contribution in [2.24, 2.45) is 0 Å². The first-order valence-electron chi connectivity index (χ1n) is 4.40. The van der Waals surface area contributed by atoms with Crippen LogP contribution in [0.1, 0.15) is 18.4 Å². The molecular weight excluding hydrogens is 182 g/mol. The third-order valence-electron chi connectivity index (χ3n) is 2.09. The van der Waals surface area contributed by atoms with Crippen LogP contribution in [-0.2, 0) is 0 Å². The number of benzene rings is 1. The highest BCUT2D eigenvalue weighted by atomic mass is 16.6. The van der Waals surface area contributed by atoms with E-state index in [1.807, 2.05) is 31.2 Å². The lowest BCUT2D eigenvalue weighted by atomic mass is 10.0. The summed E-state index contributed by atoms with van der Waals surface area (Å²) >= 11 is 0. The average molecular weight is 195 g/mol. The van der Waals surface area contributed by atoms with Crippen molar-refractivity contribution >= 4 is 0 Å². The Balaban J connectivity index is 2.87. The average Bonchev–Trinajstić information content (AvgIpc) is 2.16. The second-order valence-corrected chi connectivity index (χ2v) is 3.16. The molecule has 0 aromatic heterocycles. The van der Waals surface area contributed by atoms with Gasteiger partial charge in [0.15, 0.2) is 0 Å². The number of methoxy groups -OCH3 is 1. The van der Waals surface area contributed by atoms with E-state index < -0.39 is 0 Å². The van der Waals surface area contributed by atoms with Gasteiger partial charge in [-0.2, -0.15) is 0 Å². The first-order chi connectivity index (χ1) is 6.65. The molecule has 0 spiro atoms. The number of nitro groups is 1. The summed E-state index contributed by atoms with van der Waals surface area (Å²) in [7, 11) is 1.57. The summed E-state index contributed by atoms with van der Waals surface area (Å²) in [4.78, 5) is 10.0. The van der Waals surface area contributed by atoms with E-state index >= 15 is 0 Å². The summed E-state index contributed by atoms with van der Waals surface area (Å²) in [5, 5.41) is 10.3. The molecule has 1 rings (SSSR count). The van der Waals surface area contributed by atoms with E-state index in [9.17, 15) is 10.1 Å². The van der Waals surface area contributed by atoms with Crippen LogP contribution in [-0.4, -0.2) is 18.6 Å². The number of para-hydroxylation sites is 1. The predicted octanol–water partition coefficient (Wildman–Crippen LogP) is 2.08. The predicted molar refractivity (Wildman–Crippen MR) is 53.3 cm³/mol. The highest BCUT2D eigenvalue weighted by Gasteiger charge is 2.15. The Bertz CT molecular complexity index is 325. The Kier molecular flexibility index (Phi) is 3.45. The molecule has 0 saturated heterocycles. The van der Waals surface area contributed by atoms with Crippen molar-refractivity contribution in [1.29, 1.82) is 0 Å². The molecule has 1 aromatic rings. The quantitative estimate of drug-likeness (QED) is 0.546. The number of hydrogen-bond donors (Lipinski definition) is 0. The van der Waals surface area contributed by atoms with E-state index in [0.29, 0.717) is 5.75 Å². The first kappa shape index (κ1) is 10.5. The fourth-order valence-corrected chi connectivity index (χ4v) is 1.40. The minimum atomic E-state index is -0.308. The molecule has 0 fully saturated rings. The smallest absolute Gasteiger partial charge is 0.210 e. The molecular formula is C10H13NO3. The van der Waals surface area contributed by atoms with Crippen LogP contribution in [0.3, 0.4) is 0 Å². The highest BCUT2D eigenvalue weighted by molar-refractivity contribution is 5.35. The van der Waals surface area contributed by atoms with Crippen LogP contribution in [0.5, 0.6) is 5.75 Å². The van der Waals surface area contributed by atoms with Crippen molar-refractivity contribution in [3.8, 4) is 5.75 Å². The van der Waals surface area contributed by atoms with Crippen LogP contribution >= 0.6 is 0 Å². The Morgan fingerprint density at radius 1 is 1.50 bits per heavy atom. The Labute approximate surface area is 82.7 Å². The van der Waals surface area contributed by atoms with Gasteiger partial charge in [-0.05, 0) is 6.07 Å². The molecule has 0 amide bonds. The van der Waals surface area contributed by atoms with Gasteiger partial charge in [0.25, 0.3) is 0 Å². The summed E-state index contributed by atoms with van der Waals surface area (Å²) < 4.78 is 5.13. The van der Waals surface area contributed by atoms with Crippen LogP contribution in [0.25, 0.3) is 0 Å². The normalized spacial score (nSPS) is 12.1. The number of rotatable bonds is 4. The Morgan fingerprint density at radius 3 is 2.71 bits per heavy atom. The molecule has 1 atom stereocenters. The third-order valence-corrected chi connectivity index (χ3v) is 2.09. The van der Waals surface area contributed by atoms with Gasteiger partial charge >= 0.3 is 0 Å². The number of ether oxygens (including phenoxy) is 1. The molecule has 0 saturated carbocycles. The molecule has 0 radical (unpaired) electrons. The summed E-state index contributed by atoms with van der Waals surface area (Å²) in [6.07, 6.45) is 0. The molecule has 0 aliphatic carbocycles. The maximum atomic E-state index is 10.3. The molecule has 0 bridgehead atoms. The molecule has 1 aromatic carbocycles. The van der Waals surface area contributed by atoms with Gasteiger partial charge in [0.1, 0.15) is 5.75 Å². The lowest BCUT2D eigenvalue weighted by Crippen LogP contribution is -2.10. The SMILES string of the molecule is COc1ccccc1[C@@H](C)C[N+](=O)[O-]. The van der Waals surface area contributed by atoms with Gasteiger partial charge in [-0.15, -0.1) is 0 Å². The highest BCUT2D eigenvalue weighted by Crippen LogP contribution is 2.25. The molecule has 14 heavy (non-hydrogen) atoms. The maximum absolute atomic E-state index is 10.3. The molecule has 0 aliphatic rings. The van der Waals surface area contributed by atoms with Crippen molar-refractivity contribution in [1.82, 2.24) is 0 Å². The van der Waals surface area contributed by atoms with Gasteiger partial charge in [-0.1, -0.05) is 25.1 Å². The zero-order valence-corrected chi connectivity index (χ0v) is 8.27. The number of hydrogen-bond acceptors (Lipinski definition) is 3. The van der Waals surface area contributed by atoms with Gasteiger partial charge in [0.2, 0.25) is 6.54 Å². The fraction of sp³-hybridized carbons (Fsp3) is 0.400. The summed E-state index contributed by atoms with van der Waals surface area (Å²) in [5.74, 6) is 0.586. The van der Waals surface area contributed by atoms with Crippen LogP contribution in [0.15, 0.2) is 24.3 Å². The van der Waals surface area contributed by atoms with Gasteiger partial charge in [-0.3, -0.25) is 10.1 Å². The van der Waals surface area contributed by atoms with Gasteiger partial charge in [0, 0.05) is 16.4 Å². The van der Waals surface area contributed by atoms with E-state index in [2.05, 4.69) is 0 Å². The van der Waals surface area contributed by atoms with Crippen molar-refractivity contribution in [3.63, 3.8) is 0 Å². The van der Waals surface area contributed by atoms with Gasteiger partial charge < -0.3 is 4.74 Å². The molecule has 4 nitrogen and oxygen atoms in total. The van der Waals surface area contributed by atoms with E-state index in [4.69, 9.17) is 4.74 Å². The fourth-order valence-electron chi connectivity index (χ4n) is 1.40. The van der Waals surface area contributed by atoms with E-state index in [1.54, 1.807) is 7.11 Å². The minimum Gasteiger partial charge on any atom is -0.496 e. The maximum Gasteiger partial charge on any atom is 0.210 e. The Hall–Kier alpha value is -1.58. The zero-order chi connectivity index (χ0) is 10.6. The molecule has 0 N–H and O–H groups in total. The summed E-state index contributed by atoms with van der Waals surface area (Å²) in [6, 6.07) is 7.37. The van der Waals surface area contributed by atoms with Crippen LogP contribution in [0.4, 0.5) is 0 Å². The molecule has 0 heterocycles. The van der Waals surface area contributed by atoms with Gasteiger partial charge in [0.05, 0.1) is 7.11 Å². The van der Waals surface area contributed by atoms with Gasteiger partial charge in [-0.25, -0.2) is 0 Å². The lowest BCUT2D eigenvalue weighted by molar-refractivity contribution is -0.482. The standard InChI is InChI=1S/C10H13NO3/c1-8(7-11(12)13)9-5-3-4-6-10(9)14-2/h3-6,8H,7H2,1-2H3/t8-/m0/s1. The van der Waals surface area contributed by atoms with Crippen molar-refractivity contribution in [3.05, 3.63) is 39.9 Å². The third kappa shape index (κ3) is 2.45. The first-order valence-corrected chi connectivity index (χ1v) is 4.40. The molecule has 0 unspecified atom stereocenters. The second kappa shape index (κ2) is 4.60. The zero-order valence-electron chi connectivity index (χ0n) is 8.27. The number of nitrogens with zero attached hydrogens (tertiary/aromatic N) is 1. The molecule has 4 heteroatoms. The summed E-state index contributed by atoms with van der Waals surface area (Å²) in [5.41, 5.74) is 0.881. The van der Waals surface area contributed by atoms with Crippen LogP contribution < -0.4 is 4.74 Å². The molecule has 76 valence electrons. The van der Waals surface area contributed by atoms with Crippen LogP contribution in [0.2, 0.25) is 0 Å². The van der Waals surface area contributed by atoms with Crippen molar-refractivity contribution in [2.45, 2.75) is 12.8 Å². The lowest BCUT2D eigenvalue weighted by Gasteiger charge is -2.11. The monoisotopic (exact) mass is 195 g/mol. The minimum absolute atomic E-state index is 0.0691. The topological polar surface area (TPSA) is 52.4 Å². The van der Waals surface area contributed by atoms with E-state index in [0.717, 1.165) is 5.56 Å². The summed E-state index contributed by atoms with van der Waals surface area (Å²) in [6.45, 7) is 1.75. The second-order valence-electron chi connectivity index (χ2n) is 3.16. The molecule has 0 aliphatic heterocycles. The van der Waals surface area contributed by atoms with Crippen molar-refractivity contribution in [2.75, 3.05) is 13.7 Å². The Morgan fingerprint density at radius 2 is 2.14 bits per heavy atom. The van der Waals surface area contributed by atoms with Crippen molar-refractivity contribution < 1.29 is 9.66 Å². The largest absolute Gasteiger partial charge is 0.496 e. The van der Waals surface area contributed by atoms with E-state index in [-0.39, 0.29) is 17.4 Å². The van der Waals surface area contributed by atoms with Crippen LogP contribution in [0, 0.1) is 10.1 Å².